The van der Waals surface area contributed by atoms with Crippen molar-refractivity contribution < 1.29 is 14.1 Å². The molecule has 0 bridgehead atoms. The van der Waals surface area contributed by atoms with Crippen molar-refractivity contribution in [2.45, 2.75) is 32.2 Å². The van der Waals surface area contributed by atoms with E-state index < -0.39 is 0 Å². The minimum Gasteiger partial charge on any atom is -0.497 e. The number of hydrogen-bond donors (Lipinski definition) is 1. The lowest BCUT2D eigenvalue weighted by Gasteiger charge is -2.09. The van der Waals surface area contributed by atoms with E-state index in [9.17, 15) is 4.79 Å². The largest absolute Gasteiger partial charge is 0.497 e. The molecule has 31 heavy (non-hydrogen) atoms. The Morgan fingerprint density at radius 2 is 2.19 bits per heavy atom. The second-order valence-corrected chi connectivity index (χ2v) is 7.85. The van der Waals surface area contributed by atoms with Gasteiger partial charge in [0.25, 0.3) is 11.6 Å². The third-order valence-corrected chi connectivity index (χ3v) is 5.44. The van der Waals surface area contributed by atoms with Crippen molar-refractivity contribution in [3.63, 3.8) is 0 Å². The van der Waals surface area contributed by atoms with Crippen LogP contribution in [0.15, 0.2) is 47.2 Å². The summed E-state index contributed by atoms with van der Waals surface area (Å²) in [5.41, 5.74) is 4.27. The Hall–Kier alpha value is -3.68. The monoisotopic (exact) mass is 417 g/mol. The van der Waals surface area contributed by atoms with E-state index >= 15 is 0 Å². The van der Waals surface area contributed by atoms with Crippen molar-refractivity contribution in [2.24, 2.45) is 0 Å². The number of aryl methyl sites for hydroxylation is 1. The first-order valence-electron chi connectivity index (χ1n) is 10.3. The topological polar surface area (TPSA) is 95.1 Å². The van der Waals surface area contributed by atoms with Crippen LogP contribution < -0.4 is 10.1 Å². The lowest BCUT2D eigenvalue weighted by atomic mass is 10.0. The lowest BCUT2D eigenvalue weighted by molar-refractivity contribution is 0.0953. The van der Waals surface area contributed by atoms with Crippen LogP contribution in [0.4, 0.5) is 0 Å². The third-order valence-electron chi connectivity index (χ3n) is 5.44. The molecule has 1 aliphatic rings. The highest BCUT2D eigenvalue weighted by atomic mass is 16.5. The SMILES string of the molecule is COc1cccc(-c2noc3nc(C4CC4)cc(C(=O)NCCn4cc(C)cn4)c23)c1. The van der Waals surface area contributed by atoms with Crippen molar-refractivity contribution >= 4 is 17.0 Å². The van der Waals surface area contributed by atoms with Crippen molar-refractivity contribution in [1.29, 1.82) is 0 Å². The summed E-state index contributed by atoms with van der Waals surface area (Å²) in [5.74, 6) is 0.913. The maximum absolute atomic E-state index is 13.2. The van der Waals surface area contributed by atoms with E-state index in [1.54, 1.807) is 13.3 Å². The average molecular weight is 417 g/mol. The van der Waals surface area contributed by atoms with Crippen molar-refractivity contribution in [2.75, 3.05) is 13.7 Å². The molecule has 3 heterocycles. The molecule has 0 spiro atoms. The first kappa shape index (κ1) is 19.3. The number of rotatable bonds is 7. The number of fused-ring (bicyclic) bond motifs is 1. The minimum absolute atomic E-state index is 0.175. The van der Waals surface area contributed by atoms with Gasteiger partial charge in [-0.05, 0) is 43.5 Å². The van der Waals surface area contributed by atoms with Crippen molar-refractivity contribution in [3.8, 4) is 17.0 Å². The van der Waals surface area contributed by atoms with Gasteiger partial charge in [-0.1, -0.05) is 17.3 Å². The predicted octanol–water partition coefficient (Wildman–Crippen LogP) is 3.71. The molecule has 1 aliphatic carbocycles. The maximum Gasteiger partial charge on any atom is 0.259 e. The molecular weight excluding hydrogens is 394 g/mol. The molecule has 4 aromatic rings. The highest BCUT2D eigenvalue weighted by molar-refractivity contribution is 6.09. The zero-order valence-electron chi connectivity index (χ0n) is 17.5. The first-order valence-corrected chi connectivity index (χ1v) is 10.3. The van der Waals surface area contributed by atoms with Crippen molar-refractivity contribution in [3.05, 3.63) is 59.5 Å². The Morgan fingerprint density at radius 1 is 1.32 bits per heavy atom. The van der Waals surface area contributed by atoms with E-state index in [0.29, 0.717) is 47.1 Å². The number of hydrogen-bond acceptors (Lipinski definition) is 6. The van der Waals surface area contributed by atoms with E-state index in [1.807, 2.05) is 48.1 Å². The number of carbonyl (C=O) groups excluding carboxylic acids is 1. The van der Waals surface area contributed by atoms with Gasteiger partial charge in [0.1, 0.15) is 11.4 Å². The maximum atomic E-state index is 13.2. The molecule has 1 saturated carbocycles. The number of nitrogens with zero attached hydrogens (tertiary/aromatic N) is 4. The van der Waals surface area contributed by atoms with Crippen LogP contribution in [0.5, 0.6) is 5.75 Å². The first-order chi connectivity index (χ1) is 15.1. The zero-order valence-corrected chi connectivity index (χ0v) is 17.5. The molecule has 1 amide bonds. The van der Waals surface area contributed by atoms with Gasteiger partial charge in [-0.2, -0.15) is 5.10 Å². The summed E-state index contributed by atoms with van der Waals surface area (Å²) >= 11 is 0. The predicted molar refractivity (Wildman–Crippen MR) is 115 cm³/mol. The molecular formula is C23H23N5O3. The van der Waals surface area contributed by atoms with E-state index in [0.717, 1.165) is 29.7 Å². The minimum atomic E-state index is -0.175. The highest BCUT2D eigenvalue weighted by Gasteiger charge is 2.29. The van der Waals surface area contributed by atoms with E-state index in [1.165, 1.54) is 0 Å². The van der Waals surface area contributed by atoms with Crippen LogP contribution in [-0.2, 0) is 6.54 Å². The Labute approximate surface area is 179 Å². The van der Waals surface area contributed by atoms with Gasteiger partial charge in [0.15, 0.2) is 0 Å². The summed E-state index contributed by atoms with van der Waals surface area (Å²) in [6, 6.07) is 9.41. The van der Waals surface area contributed by atoms with Gasteiger partial charge in [0.2, 0.25) is 0 Å². The zero-order chi connectivity index (χ0) is 21.4. The van der Waals surface area contributed by atoms with Crippen LogP contribution in [0.3, 0.4) is 0 Å². The third kappa shape index (κ3) is 3.88. The number of benzene rings is 1. The lowest BCUT2D eigenvalue weighted by Crippen LogP contribution is -2.27. The fraction of sp³-hybridized carbons (Fsp3) is 0.304. The van der Waals surface area contributed by atoms with Gasteiger partial charge in [0, 0.05) is 29.9 Å². The van der Waals surface area contributed by atoms with Gasteiger partial charge in [-0.3, -0.25) is 9.48 Å². The highest BCUT2D eigenvalue weighted by Crippen LogP contribution is 2.41. The standard InChI is InChI=1S/C23H23N5O3/c1-14-12-25-28(13-14)9-8-24-22(29)18-11-19(15-6-7-15)26-23-20(18)21(27-31-23)16-4-3-5-17(10-16)30-2/h3-5,10-13,15H,6-9H2,1-2H3,(H,24,29). The fourth-order valence-corrected chi connectivity index (χ4v) is 3.67. The molecule has 0 radical (unpaired) electrons. The number of nitrogens with one attached hydrogen (secondary N) is 1. The molecule has 0 saturated heterocycles. The van der Waals surface area contributed by atoms with Crippen LogP contribution in [0.1, 0.15) is 40.4 Å². The molecule has 1 fully saturated rings. The van der Waals surface area contributed by atoms with E-state index in [-0.39, 0.29) is 5.91 Å². The second kappa shape index (κ2) is 7.86. The van der Waals surface area contributed by atoms with Gasteiger partial charge in [0.05, 0.1) is 30.8 Å². The quantitative estimate of drug-likeness (QED) is 0.493. The average Bonchev–Trinajstić information content (AvgIpc) is 3.42. The van der Waals surface area contributed by atoms with Gasteiger partial charge < -0.3 is 14.6 Å². The number of amides is 1. The molecule has 158 valence electrons. The Morgan fingerprint density at radius 3 is 2.94 bits per heavy atom. The molecule has 1 N–H and O–H groups in total. The molecule has 1 aromatic carbocycles. The molecule has 0 unspecified atom stereocenters. The van der Waals surface area contributed by atoms with Crippen LogP contribution >= 0.6 is 0 Å². The molecule has 3 aromatic heterocycles. The Bertz CT molecular complexity index is 1260. The molecule has 0 atom stereocenters. The van der Waals surface area contributed by atoms with Gasteiger partial charge in [-0.15, -0.1) is 0 Å². The summed E-state index contributed by atoms with van der Waals surface area (Å²) in [7, 11) is 1.61. The number of pyridine rings is 1. The summed E-state index contributed by atoms with van der Waals surface area (Å²) in [5, 5.41) is 12.1. The number of methoxy groups -OCH3 is 1. The summed E-state index contributed by atoms with van der Waals surface area (Å²) in [6.07, 6.45) is 5.90. The van der Waals surface area contributed by atoms with E-state index in [4.69, 9.17) is 9.26 Å². The van der Waals surface area contributed by atoms with Gasteiger partial charge in [-0.25, -0.2) is 4.98 Å². The number of ether oxygens (including phenoxy) is 1. The van der Waals surface area contributed by atoms with Crippen LogP contribution in [0.2, 0.25) is 0 Å². The van der Waals surface area contributed by atoms with Crippen LogP contribution in [-0.4, -0.2) is 39.5 Å². The normalized spacial score (nSPS) is 13.5. The molecule has 5 rings (SSSR count). The van der Waals surface area contributed by atoms with Gasteiger partial charge >= 0.3 is 0 Å². The summed E-state index contributed by atoms with van der Waals surface area (Å²) < 4.78 is 12.7. The van der Waals surface area contributed by atoms with E-state index in [2.05, 4.69) is 20.6 Å². The van der Waals surface area contributed by atoms with Crippen LogP contribution in [0, 0.1) is 6.92 Å². The number of aromatic nitrogens is 4. The number of carbonyl (C=O) groups is 1. The fourth-order valence-electron chi connectivity index (χ4n) is 3.67. The molecule has 8 heteroatoms. The molecule has 0 aliphatic heterocycles. The summed E-state index contributed by atoms with van der Waals surface area (Å²) in [6.45, 7) is 3.04. The molecule has 8 nitrogen and oxygen atoms in total. The van der Waals surface area contributed by atoms with Crippen LogP contribution in [0.25, 0.3) is 22.4 Å². The Kier molecular flexibility index (Phi) is 4.89. The smallest absolute Gasteiger partial charge is 0.259 e. The summed E-state index contributed by atoms with van der Waals surface area (Å²) in [4.78, 5) is 17.8. The Balaban J connectivity index is 1.49. The second-order valence-electron chi connectivity index (χ2n) is 7.85. The van der Waals surface area contributed by atoms with Crippen molar-refractivity contribution in [1.82, 2.24) is 25.2 Å².